The van der Waals surface area contributed by atoms with Crippen LogP contribution >= 0.6 is 0 Å². The molecule has 2 heteroatoms. The molecular weight excluding hydrogens is 176 g/mol. The van der Waals surface area contributed by atoms with Crippen LogP contribution in [0.2, 0.25) is 0 Å². The number of carbonyl (C=O) groups is 1. The van der Waals surface area contributed by atoms with E-state index in [0.717, 1.165) is 18.4 Å². The monoisotopic (exact) mass is 198 g/mol. The molecule has 0 aromatic rings. The number of allylic oxidation sites excluding steroid dienone is 1. The van der Waals surface area contributed by atoms with Gasteiger partial charge in [-0.1, -0.05) is 40.2 Å². The van der Waals surface area contributed by atoms with E-state index < -0.39 is 0 Å². The van der Waals surface area contributed by atoms with Crippen LogP contribution < -0.4 is 0 Å². The van der Waals surface area contributed by atoms with Crippen molar-refractivity contribution in [3.8, 4) is 0 Å². The van der Waals surface area contributed by atoms with Crippen molar-refractivity contribution in [2.75, 3.05) is 6.61 Å². The van der Waals surface area contributed by atoms with Gasteiger partial charge in [-0.05, 0) is 18.8 Å². The molecule has 14 heavy (non-hydrogen) atoms. The van der Waals surface area contributed by atoms with Crippen LogP contribution in [0, 0.1) is 5.41 Å². The third-order valence-electron chi connectivity index (χ3n) is 2.05. The second-order valence-corrected chi connectivity index (χ2v) is 4.44. The van der Waals surface area contributed by atoms with E-state index in [9.17, 15) is 4.79 Å². The van der Waals surface area contributed by atoms with Gasteiger partial charge in [-0.15, -0.1) is 0 Å². The lowest BCUT2D eigenvalue weighted by Gasteiger charge is -2.21. The smallest absolute Gasteiger partial charge is 0.334 e. The number of ether oxygens (including phenoxy) is 1. The highest BCUT2D eigenvalue weighted by Gasteiger charge is 2.23. The SMILES string of the molecule is C/C=C(/C(=O)OCCCC)C(C)(C)C. The Labute approximate surface area is 87.3 Å². The lowest BCUT2D eigenvalue weighted by molar-refractivity contribution is -0.140. The molecule has 0 aromatic heterocycles. The Hall–Kier alpha value is -0.790. The van der Waals surface area contributed by atoms with Crippen molar-refractivity contribution in [1.29, 1.82) is 0 Å². The molecule has 0 saturated carbocycles. The quantitative estimate of drug-likeness (QED) is 0.393. The van der Waals surface area contributed by atoms with E-state index in [1.807, 2.05) is 33.8 Å². The first-order valence-corrected chi connectivity index (χ1v) is 5.27. The molecule has 0 amide bonds. The minimum atomic E-state index is -0.173. The van der Waals surface area contributed by atoms with Gasteiger partial charge in [0.05, 0.1) is 6.61 Å². The number of carbonyl (C=O) groups excluding carboxylic acids is 1. The molecule has 0 atom stereocenters. The van der Waals surface area contributed by atoms with E-state index in [-0.39, 0.29) is 11.4 Å². The van der Waals surface area contributed by atoms with Crippen LogP contribution in [0.4, 0.5) is 0 Å². The highest BCUT2D eigenvalue weighted by atomic mass is 16.5. The van der Waals surface area contributed by atoms with Crippen molar-refractivity contribution < 1.29 is 9.53 Å². The van der Waals surface area contributed by atoms with Crippen molar-refractivity contribution in [1.82, 2.24) is 0 Å². The first kappa shape index (κ1) is 13.2. The maximum absolute atomic E-state index is 11.6. The van der Waals surface area contributed by atoms with Crippen LogP contribution in [0.5, 0.6) is 0 Å². The van der Waals surface area contributed by atoms with Gasteiger partial charge >= 0.3 is 5.97 Å². The van der Waals surface area contributed by atoms with Crippen molar-refractivity contribution in [3.63, 3.8) is 0 Å². The van der Waals surface area contributed by atoms with E-state index in [2.05, 4.69) is 6.92 Å². The largest absolute Gasteiger partial charge is 0.462 e. The molecule has 0 radical (unpaired) electrons. The van der Waals surface area contributed by atoms with Gasteiger partial charge in [-0.25, -0.2) is 4.79 Å². The predicted octanol–water partition coefficient (Wildman–Crippen LogP) is 3.32. The second-order valence-electron chi connectivity index (χ2n) is 4.44. The van der Waals surface area contributed by atoms with Crippen LogP contribution in [0.3, 0.4) is 0 Å². The number of hydrogen-bond donors (Lipinski definition) is 0. The topological polar surface area (TPSA) is 26.3 Å². The lowest BCUT2D eigenvalue weighted by Crippen LogP contribution is -2.20. The standard InChI is InChI=1S/C12H22O2/c1-6-8-9-14-11(13)10(7-2)12(3,4)5/h7H,6,8-9H2,1-5H3/b10-7-. The summed E-state index contributed by atoms with van der Waals surface area (Å²) in [6, 6.07) is 0. The maximum atomic E-state index is 11.6. The summed E-state index contributed by atoms with van der Waals surface area (Å²) in [7, 11) is 0. The molecule has 0 bridgehead atoms. The van der Waals surface area contributed by atoms with Crippen molar-refractivity contribution in [2.24, 2.45) is 5.41 Å². The molecule has 0 aliphatic rings. The molecule has 0 N–H and O–H groups in total. The third kappa shape index (κ3) is 4.45. The number of esters is 1. The summed E-state index contributed by atoms with van der Waals surface area (Å²) in [6.45, 7) is 10.5. The summed E-state index contributed by atoms with van der Waals surface area (Å²) >= 11 is 0. The van der Waals surface area contributed by atoms with Gasteiger partial charge in [0.25, 0.3) is 0 Å². The highest BCUT2D eigenvalue weighted by Crippen LogP contribution is 2.25. The maximum Gasteiger partial charge on any atom is 0.334 e. The molecule has 0 unspecified atom stereocenters. The van der Waals surface area contributed by atoms with Crippen molar-refractivity contribution in [2.45, 2.75) is 47.5 Å². The van der Waals surface area contributed by atoms with Crippen LogP contribution in [0.15, 0.2) is 11.6 Å². The molecule has 0 aromatic carbocycles. The average Bonchev–Trinajstić information content (AvgIpc) is 2.03. The molecule has 0 spiro atoms. The van der Waals surface area contributed by atoms with Crippen LogP contribution in [-0.2, 0) is 9.53 Å². The summed E-state index contributed by atoms with van der Waals surface area (Å²) in [5.41, 5.74) is 0.631. The normalized spacial score (nSPS) is 12.8. The number of rotatable bonds is 4. The van der Waals surface area contributed by atoms with E-state index in [1.54, 1.807) is 0 Å². The molecule has 0 aliphatic carbocycles. The fourth-order valence-electron chi connectivity index (χ4n) is 1.24. The predicted molar refractivity (Wildman–Crippen MR) is 59.1 cm³/mol. The zero-order valence-electron chi connectivity index (χ0n) is 10.0. The van der Waals surface area contributed by atoms with Crippen LogP contribution in [0.1, 0.15) is 47.5 Å². The van der Waals surface area contributed by atoms with Gasteiger partial charge in [-0.3, -0.25) is 0 Å². The molecule has 0 aliphatic heterocycles. The molecule has 0 saturated heterocycles. The van der Waals surface area contributed by atoms with E-state index >= 15 is 0 Å². The van der Waals surface area contributed by atoms with Gasteiger partial charge in [0, 0.05) is 5.57 Å². The summed E-state index contributed by atoms with van der Waals surface area (Å²) in [4.78, 5) is 11.6. The van der Waals surface area contributed by atoms with Gasteiger partial charge < -0.3 is 4.74 Å². The Morgan fingerprint density at radius 3 is 2.29 bits per heavy atom. The van der Waals surface area contributed by atoms with Crippen molar-refractivity contribution >= 4 is 5.97 Å². The fraction of sp³-hybridized carbons (Fsp3) is 0.750. The van der Waals surface area contributed by atoms with E-state index in [4.69, 9.17) is 4.74 Å². The molecule has 0 heterocycles. The Morgan fingerprint density at radius 1 is 1.36 bits per heavy atom. The third-order valence-corrected chi connectivity index (χ3v) is 2.05. The molecule has 2 nitrogen and oxygen atoms in total. The minimum absolute atomic E-state index is 0.127. The average molecular weight is 198 g/mol. The number of unbranched alkanes of at least 4 members (excludes halogenated alkanes) is 1. The fourth-order valence-corrected chi connectivity index (χ4v) is 1.24. The Kier molecular flexibility index (Phi) is 5.51. The summed E-state index contributed by atoms with van der Waals surface area (Å²) < 4.78 is 5.15. The highest BCUT2D eigenvalue weighted by molar-refractivity contribution is 5.89. The molecular formula is C12H22O2. The molecule has 0 rings (SSSR count). The Balaban J connectivity index is 4.22. The number of hydrogen-bond acceptors (Lipinski definition) is 2. The second kappa shape index (κ2) is 5.84. The molecule has 0 fully saturated rings. The van der Waals surface area contributed by atoms with Gasteiger partial charge in [0.2, 0.25) is 0 Å². The summed E-state index contributed by atoms with van der Waals surface area (Å²) in [6.07, 6.45) is 3.83. The zero-order chi connectivity index (χ0) is 11.2. The van der Waals surface area contributed by atoms with E-state index in [1.165, 1.54) is 0 Å². The Bertz CT molecular complexity index is 209. The molecule has 82 valence electrons. The summed E-state index contributed by atoms with van der Waals surface area (Å²) in [5.74, 6) is -0.173. The lowest BCUT2D eigenvalue weighted by atomic mass is 9.86. The van der Waals surface area contributed by atoms with Gasteiger partial charge in [0.1, 0.15) is 0 Å². The minimum Gasteiger partial charge on any atom is -0.462 e. The van der Waals surface area contributed by atoms with Crippen LogP contribution in [-0.4, -0.2) is 12.6 Å². The first-order valence-electron chi connectivity index (χ1n) is 5.27. The zero-order valence-corrected chi connectivity index (χ0v) is 10.0. The van der Waals surface area contributed by atoms with Crippen LogP contribution in [0.25, 0.3) is 0 Å². The Morgan fingerprint density at radius 2 is 1.93 bits per heavy atom. The first-order chi connectivity index (χ1) is 6.43. The van der Waals surface area contributed by atoms with Gasteiger partial charge in [0.15, 0.2) is 0 Å². The van der Waals surface area contributed by atoms with Gasteiger partial charge in [-0.2, -0.15) is 0 Å². The van der Waals surface area contributed by atoms with E-state index in [0.29, 0.717) is 6.61 Å². The van der Waals surface area contributed by atoms with Crippen molar-refractivity contribution in [3.05, 3.63) is 11.6 Å². The summed E-state index contributed by atoms with van der Waals surface area (Å²) in [5, 5.41) is 0.